The zero-order chi connectivity index (χ0) is 20.1. The van der Waals surface area contributed by atoms with Crippen molar-refractivity contribution in [3.8, 4) is 5.75 Å². The highest BCUT2D eigenvalue weighted by molar-refractivity contribution is 5.81. The van der Waals surface area contributed by atoms with Gasteiger partial charge in [0.25, 0.3) is 0 Å². The number of hydrogen-bond acceptors (Lipinski definition) is 3. The number of aromatic nitrogens is 2. The van der Waals surface area contributed by atoms with Gasteiger partial charge in [-0.3, -0.25) is 4.79 Å². The molecule has 0 spiro atoms. The first-order chi connectivity index (χ1) is 13.3. The van der Waals surface area contributed by atoms with Gasteiger partial charge in [-0.2, -0.15) is 0 Å². The molecule has 0 aliphatic heterocycles. The van der Waals surface area contributed by atoms with Crippen LogP contribution in [0, 0.1) is 12.3 Å². The molecule has 1 N–H and O–H groups in total. The van der Waals surface area contributed by atoms with Gasteiger partial charge in [-0.25, -0.2) is 4.98 Å². The maximum Gasteiger partial charge on any atom is 0.225 e. The van der Waals surface area contributed by atoms with Crippen molar-refractivity contribution in [2.75, 3.05) is 6.61 Å². The molecule has 3 aromatic rings. The number of carbonyl (C=O) groups is 1. The van der Waals surface area contributed by atoms with Crippen molar-refractivity contribution in [1.29, 1.82) is 0 Å². The molecule has 0 radical (unpaired) electrons. The Labute approximate surface area is 166 Å². The summed E-state index contributed by atoms with van der Waals surface area (Å²) < 4.78 is 8.03. The first-order valence-electron chi connectivity index (χ1n) is 9.76. The quantitative estimate of drug-likeness (QED) is 0.616. The van der Waals surface area contributed by atoms with E-state index in [1.165, 1.54) is 5.56 Å². The largest absolute Gasteiger partial charge is 0.494 e. The lowest BCUT2D eigenvalue weighted by molar-refractivity contribution is -0.128. The number of benzene rings is 2. The predicted molar refractivity (Wildman–Crippen MR) is 112 cm³/mol. The highest BCUT2D eigenvalue weighted by Crippen LogP contribution is 2.18. The second kappa shape index (κ2) is 8.46. The second-order valence-electron chi connectivity index (χ2n) is 8.12. The summed E-state index contributed by atoms with van der Waals surface area (Å²) in [5.74, 6) is 1.78. The van der Waals surface area contributed by atoms with E-state index in [2.05, 4.69) is 35.0 Å². The van der Waals surface area contributed by atoms with Gasteiger partial charge in [0.05, 0.1) is 24.2 Å². The summed E-state index contributed by atoms with van der Waals surface area (Å²) in [6, 6.07) is 16.2. The van der Waals surface area contributed by atoms with E-state index in [0.29, 0.717) is 13.2 Å². The van der Waals surface area contributed by atoms with Crippen LogP contribution in [0.4, 0.5) is 0 Å². The van der Waals surface area contributed by atoms with Gasteiger partial charge in [-0.15, -0.1) is 0 Å². The zero-order valence-electron chi connectivity index (χ0n) is 17.2. The minimum absolute atomic E-state index is 0.0220. The number of nitrogens with zero attached hydrogens (tertiary/aromatic N) is 2. The minimum atomic E-state index is -0.418. The third kappa shape index (κ3) is 4.91. The van der Waals surface area contributed by atoms with Gasteiger partial charge in [0.2, 0.25) is 5.91 Å². The fraction of sp³-hybridized carbons (Fsp3) is 0.391. The Balaban J connectivity index is 1.66. The molecule has 0 saturated carbocycles. The SMILES string of the molecule is Cc1ccc(OCCCn2c(CNC(=O)C(C)(C)C)nc3ccccc32)cc1. The Morgan fingerprint density at radius 1 is 1.11 bits per heavy atom. The summed E-state index contributed by atoms with van der Waals surface area (Å²) in [6.45, 7) is 9.63. The molecule has 0 saturated heterocycles. The molecular weight excluding hydrogens is 350 g/mol. The first kappa shape index (κ1) is 19.9. The number of imidazole rings is 1. The molecule has 1 aromatic heterocycles. The van der Waals surface area contributed by atoms with Gasteiger partial charge in [0.1, 0.15) is 11.6 Å². The molecule has 0 bridgehead atoms. The Hall–Kier alpha value is -2.82. The lowest BCUT2D eigenvalue weighted by atomic mass is 9.96. The monoisotopic (exact) mass is 379 g/mol. The van der Waals surface area contributed by atoms with Gasteiger partial charge in [0.15, 0.2) is 0 Å². The Kier molecular flexibility index (Phi) is 6.02. The van der Waals surface area contributed by atoms with Crippen molar-refractivity contribution >= 4 is 16.9 Å². The van der Waals surface area contributed by atoms with Crippen LogP contribution in [0.1, 0.15) is 38.6 Å². The zero-order valence-corrected chi connectivity index (χ0v) is 17.2. The summed E-state index contributed by atoms with van der Waals surface area (Å²) in [4.78, 5) is 17.0. The van der Waals surface area contributed by atoms with Gasteiger partial charge in [-0.05, 0) is 37.6 Å². The molecule has 0 fully saturated rings. The van der Waals surface area contributed by atoms with Crippen LogP contribution < -0.4 is 10.1 Å². The van der Waals surface area contributed by atoms with E-state index in [4.69, 9.17) is 9.72 Å². The van der Waals surface area contributed by atoms with Crippen LogP contribution in [0.3, 0.4) is 0 Å². The van der Waals surface area contributed by atoms with Crippen molar-refractivity contribution in [3.05, 3.63) is 59.9 Å². The molecule has 0 aliphatic rings. The fourth-order valence-corrected chi connectivity index (χ4v) is 2.98. The number of carbonyl (C=O) groups excluding carboxylic acids is 1. The Morgan fingerprint density at radius 3 is 2.54 bits per heavy atom. The molecule has 0 atom stereocenters. The maximum absolute atomic E-state index is 12.2. The van der Waals surface area contributed by atoms with Crippen LogP contribution >= 0.6 is 0 Å². The van der Waals surface area contributed by atoms with Crippen molar-refractivity contribution in [1.82, 2.24) is 14.9 Å². The molecule has 5 heteroatoms. The Morgan fingerprint density at radius 2 is 1.82 bits per heavy atom. The molecule has 1 heterocycles. The molecule has 2 aromatic carbocycles. The molecule has 1 amide bonds. The van der Waals surface area contributed by atoms with Gasteiger partial charge >= 0.3 is 0 Å². The van der Waals surface area contributed by atoms with Crippen LogP contribution in [-0.4, -0.2) is 22.1 Å². The summed E-state index contributed by atoms with van der Waals surface area (Å²) in [7, 11) is 0. The molecule has 5 nitrogen and oxygen atoms in total. The van der Waals surface area contributed by atoms with E-state index < -0.39 is 5.41 Å². The first-order valence-corrected chi connectivity index (χ1v) is 9.76. The van der Waals surface area contributed by atoms with E-state index in [1.807, 2.05) is 51.1 Å². The summed E-state index contributed by atoms with van der Waals surface area (Å²) in [5.41, 5.74) is 2.83. The third-order valence-electron chi connectivity index (χ3n) is 4.64. The number of hydrogen-bond donors (Lipinski definition) is 1. The number of aryl methyl sites for hydroxylation is 2. The van der Waals surface area contributed by atoms with E-state index in [0.717, 1.165) is 35.6 Å². The summed E-state index contributed by atoms with van der Waals surface area (Å²) in [6.07, 6.45) is 0.856. The van der Waals surface area contributed by atoms with E-state index in [1.54, 1.807) is 0 Å². The summed E-state index contributed by atoms with van der Waals surface area (Å²) >= 11 is 0. The van der Waals surface area contributed by atoms with Crippen molar-refractivity contribution in [2.45, 2.75) is 47.2 Å². The molecule has 148 valence electrons. The van der Waals surface area contributed by atoms with Gasteiger partial charge in [-0.1, -0.05) is 50.6 Å². The average Bonchev–Trinajstić information content (AvgIpc) is 3.01. The minimum Gasteiger partial charge on any atom is -0.494 e. The average molecular weight is 380 g/mol. The molecule has 0 aliphatic carbocycles. The molecule has 3 rings (SSSR count). The van der Waals surface area contributed by atoms with Crippen LogP contribution in [0.2, 0.25) is 0 Å². The third-order valence-corrected chi connectivity index (χ3v) is 4.64. The molecular formula is C23H29N3O2. The van der Waals surface area contributed by atoms with Crippen LogP contribution in [-0.2, 0) is 17.9 Å². The predicted octanol–water partition coefficient (Wildman–Crippen LogP) is 4.48. The second-order valence-corrected chi connectivity index (χ2v) is 8.12. The number of amides is 1. The van der Waals surface area contributed by atoms with Gasteiger partial charge < -0.3 is 14.6 Å². The van der Waals surface area contributed by atoms with E-state index in [-0.39, 0.29) is 5.91 Å². The number of rotatable bonds is 7. The van der Waals surface area contributed by atoms with E-state index >= 15 is 0 Å². The number of para-hydroxylation sites is 2. The van der Waals surface area contributed by atoms with Gasteiger partial charge in [0, 0.05) is 12.0 Å². The van der Waals surface area contributed by atoms with Crippen LogP contribution in [0.15, 0.2) is 48.5 Å². The van der Waals surface area contributed by atoms with E-state index in [9.17, 15) is 4.79 Å². The normalized spacial score (nSPS) is 11.6. The smallest absolute Gasteiger partial charge is 0.225 e. The van der Waals surface area contributed by atoms with Crippen LogP contribution in [0.5, 0.6) is 5.75 Å². The standard InChI is InChI=1S/C23H29N3O2/c1-17-10-12-18(13-11-17)28-15-7-14-26-20-9-6-5-8-19(20)25-21(26)16-24-22(27)23(2,3)4/h5-6,8-13H,7,14-16H2,1-4H3,(H,24,27). The van der Waals surface area contributed by atoms with Crippen molar-refractivity contribution in [2.24, 2.45) is 5.41 Å². The topological polar surface area (TPSA) is 56.1 Å². The lowest BCUT2D eigenvalue weighted by Crippen LogP contribution is -2.35. The number of ether oxygens (including phenoxy) is 1. The summed E-state index contributed by atoms with van der Waals surface area (Å²) in [5, 5.41) is 3.01. The van der Waals surface area contributed by atoms with Crippen molar-refractivity contribution in [3.63, 3.8) is 0 Å². The fourth-order valence-electron chi connectivity index (χ4n) is 2.98. The highest BCUT2D eigenvalue weighted by atomic mass is 16.5. The lowest BCUT2D eigenvalue weighted by Gasteiger charge is -2.18. The molecule has 28 heavy (non-hydrogen) atoms. The number of nitrogens with one attached hydrogen (secondary N) is 1. The maximum atomic E-state index is 12.2. The highest BCUT2D eigenvalue weighted by Gasteiger charge is 2.21. The van der Waals surface area contributed by atoms with Crippen LogP contribution in [0.25, 0.3) is 11.0 Å². The Bertz CT molecular complexity index is 937. The molecule has 0 unspecified atom stereocenters. The van der Waals surface area contributed by atoms with Crippen molar-refractivity contribution < 1.29 is 9.53 Å². The number of fused-ring (bicyclic) bond motifs is 1.